The number of rotatable bonds is 1. The van der Waals surface area contributed by atoms with E-state index in [1.807, 2.05) is 25.1 Å². The molecule has 1 nitrogen and oxygen atoms in total. The molecule has 0 aliphatic carbocycles. The van der Waals surface area contributed by atoms with E-state index in [1.54, 1.807) is 6.08 Å². The molecule has 0 bridgehead atoms. The average Bonchev–Trinajstić information content (AvgIpc) is 2.04. The lowest BCUT2D eigenvalue weighted by Crippen LogP contribution is -1.74. The van der Waals surface area contributed by atoms with Crippen LogP contribution in [0.2, 0.25) is 0 Å². The molecule has 1 heteroatoms. The van der Waals surface area contributed by atoms with Gasteiger partial charge in [-0.1, -0.05) is 36.4 Å². The van der Waals surface area contributed by atoms with Crippen LogP contribution >= 0.6 is 0 Å². The molecule has 0 aliphatic rings. The average molecular weight is 143 g/mol. The lowest BCUT2D eigenvalue weighted by Gasteiger charge is -1.97. The smallest absolute Gasteiger partial charge is 0.194 e. The van der Waals surface area contributed by atoms with E-state index in [1.165, 1.54) is 0 Å². The van der Waals surface area contributed by atoms with Gasteiger partial charge in [-0.2, -0.15) is 0 Å². The number of hydrogen-bond acceptors (Lipinski definition) is 0. The molecule has 0 heterocycles. The van der Waals surface area contributed by atoms with E-state index in [2.05, 4.69) is 11.4 Å². The second-order valence-corrected chi connectivity index (χ2v) is 2.38. The Kier molecular flexibility index (Phi) is 2.08. The molecule has 0 aliphatic heterocycles. The van der Waals surface area contributed by atoms with Crippen molar-refractivity contribution in [1.82, 2.24) is 0 Å². The second-order valence-electron chi connectivity index (χ2n) is 2.38. The molecule has 0 N–H and O–H groups in total. The molecule has 1 aromatic carbocycles. The van der Waals surface area contributed by atoms with Crippen molar-refractivity contribution in [3.63, 3.8) is 0 Å². The minimum Gasteiger partial charge on any atom is -0.238 e. The van der Waals surface area contributed by atoms with E-state index in [-0.39, 0.29) is 0 Å². The van der Waals surface area contributed by atoms with Gasteiger partial charge in [0.25, 0.3) is 0 Å². The van der Waals surface area contributed by atoms with Crippen LogP contribution in [0.5, 0.6) is 0 Å². The highest BCUT2D eigenvalue weighted by atomic mass is 14.6. The third kappa shape index (κ3) is 1.47. The first-order chi connectivity index (χ1) is 5.27. The molecule has 0 fully saturated rings. The van der Waals surface area contributed by atoms with Crippen LogP contribution in [0.25, 0.3) is 10.9 Å². The maximum Gasteiger partial charge on any atom is 0.194 e. The fraction of sp³-hybridized carbons (Fsp3) is 0.100. The summed E-state index contributed by atoms with van der Waals surface area (Å²) in [5.74, 6) is 0. The maximum atomic E-state index is 6.84. The van der Waals surface area contributed by atoms with Crippen molar-refractivity contribution < 1.29 is 0 Å². The van der Waals surface area contributed by atoms with Crippen molar-refractivity contribution in [3.8, 4) is 0 Å². The Morgan fingerprint density at radius 3 is 2.82 bits per heavy atom. The summed E-state index contributed by atoms with van der Waals surface area (Å²) in [6.07, 6.45) is 1.71. The predicted molar refractivity (Wildman–Crippen MR) is 47.5 cm³/mol. The summed E-state index contributed by atoms with van der Waals surface area (Å²) in [5, 5.41) is 0. The van der Waals surface area contributed by atoms with Gasteiger partial charge < -0.3 is 0 Å². The zero-order valence-corrected chi connectivity index (χ0v) is 6.46. The van der Waals surface area contributed by atoms with Gasteiger partial charge in [-0.05, 0) is 12.5 Å². The van der Waals surface area contributed by atoms with E-state index in [4.69, 9.17) is 6.57 Å². The zero-order chi connectivity index (χ0) is 8.27. The van der Waals surface area contributed by atoms with E-state index in [0.717, 1.165) is 11.1 Å². The first-order valence-electron chi connectivity index (χ1n) is 3.38. The van der Waals surface area contributed by atoms with Gasteiger partial charge in [0.05, 0.1) is 6.57 Å². The minimum absolute atomic E-state index is 0.672. The Bertz CT molecular complexity index is 318. The van der Waals surface area contributed by atoms with Crippen molar-refractivity contribution in [2.75, 3.05) is 0 Å². The SMILES string of the molecule is [C-]#[N+]c1ccc(C)cc1C=C. The Labute approximate surface area is 66.8 Å². The summed E-state index contributed by atoms with van der Waals surface area (Å²) in [5.41, 5.74) is 2.75. The van der Waals surface area contributed by atoms with Gasteiger partial charge in [-0.25, -0.2) is 4.85 Å². The number of nitrogens with zero attached hydrogens (tertiary/aromatic N) is 1. The van der Waals surface area contributed by atoms with Crippen LogP contribution < -0.4 is 0 Å². The van der Waals surface area contributed by atoms with Crippen LogP contribution in [0.3, 0.4) is 0 Å². The summed E-state index contributed by atoms with van der Waals surface area (Å²) in [6, 6.07) is 5.71. The quantitative estimate of drug-likeness (QED) is 0.532. The number of benzene rings is 1. The lowest BCUT2D eigenvalue weighted by atomic mass is 10.1. The van der Waals surface area contributed by atoms with Gasteiger partial charge in [0, 0.05) is 0 Å². The van der Waals surface area contributed by atoms with Gasteiger partial charge in [0.2, 0.25) is 0 Å². The van der Waals surface area contributed by atoms with Crippen LogP contribution in [-0.2, 0) is 0 Å². The van der Waals surface area contributed by atoms with E-state index in [0.29, 0.717) is 5.69 Å². The lowest BCUT2D eigenvalue weighted by molar-refractivity contribution is 1.47. The summed E-state index contributed by atoms with van der Waals surface area (Å²) < 4.78 is 0. The first kappa shape index (κ1) is 7.56. The van der Waals surface area contributed by atoms with E-state index >= 15 is 0 Å². The molecule has 0 radical (unpaired) electrons. The molecular formula is C10H9N. The minimum atomic E-state index is 0.672. The molecule has 1 rings (SSSR count). The highest BCUT2D eigenvalue weighted by Gasteiger charge is 1.96. The van der Waals surface area contributed by atoms with Crippen molar-refractivity contribution in [1.29, 1.82) is 0 Å². The van der Waals surface area contributed by atoms with Crippen LogP contribution in [0.1, 0.15) is 11.1 Å². The van der Waals surface area contributed by atoms with Crippen molar-refractivity contribution in [2.24, 2.45) is 0 Å². The highest BCUT2D eigenvalue weighted by molar-refractivity contribution is 5.66. The normalized spacial score (nSPS) is 8.73. The molecule has 11 heavy (non-hydrogen) atoms. The van der Waals surface area contributed by atoms with Crippen LogP contribution in [0.15, 0.2) is 24.8 Å². The number of hydrogen-bond donors (Lipinski definition) is 0. The second kappa shape index (κ2) is 3.03. The van der Waals surface area contributed by atoms with Gasteiger partial charge in [0.15, 0.2) is 5.69 Å². The molecular weight excluding hydrogens is 134 g/mol. The molecule has 0 amide bonds. The Morgan fingerprint density at radius 2 is 2.27 bits per heavy atom. The molecule has 1 aromatic rings. The Balaban J connectivity index is 3.30. The van der Waals surface area contributed by atoms with Gasteiger partial charge in [-0.15, -0.1) is 0 Å². The van der Waals surface area contributed by atoms with Crippen molar-refractivity contribution in [3.05, 3.63) is 47.3 Å². The molecule has 0 saturated heterocycles. The molecule has 0 saturated carbocycles. The zero-order valence-electron chi connectivity index (χ0n) is 6.46. The van der Waals surface area contributed by atoms with Crippen LogP contribution in [0.4, 0.5) is 5.69 Å². The standard InChI is InChI=1S/C10H9N/c1-4-9-7-8(2)5-6-10(9)11-3/h4-7H,1H2,2H3. The molecule has 0 spiro atoms. The molecule has 0 aromatic heterocycles. The van der Waals surface area contributed by atoms with Gasteiger partial charge in [0.1, 0.15) is 0 Å². The first-order valence-corrected chi connectivity index (χ1v) is 3.38. The molecule has 54 valence electrons. The van der Waals surface area contributed by atoms with Crippen molar-refractivity contribution in [2.45, 2.75) is 6.92 Å². The fourth-order valence-corrected chi connectivity index (χ4v) is 0.939. The van der Waals surface area contributed by atoms with E-state index in [9.17, 15) is 0 Å². The van der Waals surface area contributed by atoms with Gasteiger partial charge >= 0.3 is 0 Å². The van der Waals surface area contributed by atoms with Crippen molar-refractivity contribution >= 4 is 11.8 Å². The summed E-state index contributed by atoms with van der Waals surface area (Å²) in [4.78, 5) is 3.36. The monoisotopic (exact) mass is 143 g/mol. The van der Waals surface area contributed by atoms with Gasteiger partial charge in [-0.3, -0.25) is 0 Å². The van der Waals surface area contributed by atoms with Crippen LogP contribution in [-0.4, -0.2) is 0 Å². The van der Waals surface area contributed by atoms with Crippen LogP contribution in [0, 0.1) is 13.5 Å². The Morgan fingerprint density at radius 1 is 1.55 bits per heavy atom. The topological polar surface area (TPSA) is 4.36 Å². The largest absolute Gasteiger partial charge is 0.238 e. The maximum absolute atomic E-state index is 6.84. The molecule has 0 atom stereocenters. The summed E-state index contributed by atoms with van der Waals surface area (Å²) >= 11 is 0. The highest BCUT2D eigenvalue weighted by Crippen LogP contribution is 2.20. The third-order valence-corrected chi connectivity index (χ3v) is 1.52. The third-order valence-electron chi connectivity index (χ3n) is 1.52. The summed E-state index contributed by atoms with van der Waals surface area (Å²) in [7, 11) is 0. The summed E-state index contributed by atoms with van der Waals surface area (Å²) in [6.45, 7) is 12.5. The number of aryl methyl sites for hydroxylation is 1. The van der Waals surface area contributed by atoms with E-state index < -0.39 is 0 Å². The predicted octanol–water partition coefficient (Wildman–Crippen LogP) is 3.19. The molecule has 0 unspecified atom stereocenters. The fourth-order valence-electron chi connectivity index (χ4n) is 0.939. The Hall–Kier alpha value is -1.55.